The number of aliphatic hydroxyl groups is 1. The molecule has 1 unspecified atom stereocenters. The average Bonchev–Trinajstić information content (AvgIpc) is 3.10. The van der Waals surface area contributed by atoms with Crippen molar-refractivity contribution in [3.8, 4) is 0 Å². The summed E-state index contributed by atoms with van der Waals surface area (Å²) in [5.74, 6) is 0.262. The van der Waals surface area contributed by atoms with Crippen LogP contribution in [0.4, 0.5) is 11.4 Å². The van der Waals surface area contributed by atoms with Gasteiger partial charge in [0.2, 0.25) is 5.91 Å². The van der Waals surface area contributed by atoms with E-state index in [0.717, 1.165) is 43.7 Å². The van der Waals surface area contributed by atoms with Gasteiger partial charge in [0.15, 0.2) is 0 Å². The van der Waals surface area contributed by atoms with Gasteiger partial charge in [-0.15, -0.1) is 0 Å². The van der Waals surface area contributed by atoms with E-state index in [-0.39, 0.29) is 23.3 Å². The molecule has 1 aromatic rings. The molecule has 1 aromatic carbocycles. The first-order chi connectivity index (χ1) is 9.97. The Bertz CT molecular complexity index is 533. The van der Waals surface area contributed by atoms with Gasteiger partial charge in [0.1, 0.15) is 0 Å². The highest BCUT2D eigenvalue weighted by Gasteiger charge is 2.50. The van der Waals surface area contributed by atoms with Crippen LogP contribution in [0.5, 0.6) is 0 Å². The zero-order valence-corrected chi connectivity index (χ0v) is 12.8. The smallest absolute Gasteiger partial charge is 0.228 e. The Labute approximate surface area is 126 Å². The second-order valence-electron chi connectivity index (χ2n) is 6.97. The van der Waals surface area contributed by atoms with Crippen LogP contribution in [-0.4, -0.2) is 30.2 Å². The number of aliphatic hydroxyl groups excluding tert-OH is 1. The molecule has 114 valence electrons. The molecule has 2 fully saturated rings. The van der Waals surface area contributed by atoms with E-state index in [1.165, 1.54) is 0 Å². The maximum atomic E-state index is 12.3. The van der Waals surface area contributed by atoms with Gasteiger partial charge in [-0.3, -0.25) is 4.79 Å². The molecule has 2 N–H and O–H groups in total. The van der Waals surface area contributed by atoms with Gasteiger partial charge < -0.3 is 15.3 Å². The van der Waals surface area contributed by atoms with Gasteiger partial charge in [-0.2, -0.15) is 0 Å². The molecule has 1 aliphatic carbocycles. The first kappa shape index (κ1) is 14.4. The van der Waals surface area contributed by atoms with Crippen molar-refractivity contribution >= 4 is 17.3 Å². The van der Waals surface area contributed by atoms with Crippen molar-refractivity contribution < 1.29 is 9.90 Å². The molecule has 1 saturated heterocycles. The fraction of sp³-hybridized carbons (Fsp3) is 0.588. The average molecular weight is 288 g/mol. The maximum Gasteiger partial charge on any atom is 0.228 e. The van der Waals surface area contributed by atoms with Crippen molar-refractivity contribution in [3.63, 3.8) is 0 Å². The second-order valence-corrected chi connectivity index (χ2v) is 6.97. The zero-order valence-electron chi connectivity index (χ0n) is 12.8. The lowest BCUT2D eigenvalue weighted by Gasteiger charge is -2.32. The van der Waals surface area contributed by atoms with E-state index in [4.69, 9.17) is 0 Å². The first-order valence-electron chi connectivity index (χ1n) is 7.80. The Morgan fingerprint density at radius 1 is 1.29 bits per heavy atom. The lowest BCUT2D eigenvalue weighted by atomic mass is 10.1. The number of piperidine rings is 1. The third kappa shape index (κ3) is 3.05. The van der Waals surface area contributed by atoms with E-state index in [0.29, 0.717) is 0 Å². The number of carbonyl (C=O) groups excluding carboxylic acids is 1. The van der Waals surface area contributed by atoms with Crippen LogP contribution < -0.4 is 10.2 Å². The van der Waals surface area contributed by atoms with E-state index < -0.39 is 0 Å². The molecule has 1 heterocycles. The summed E-state index contributed by atoms with van der Waals surface area (Å²) in [6.07, 6.45) is 2.36. The van der Waals surface area contributed by atoms with Crippen LogP contribution in [0.2, 0.25) is 0 Å². The van der Waals surface area contributed by atoms with Gasteiger partial charge in [0.25, 0.3) is 0 Å². The van der Waals surface area contributed by atoms with Gasteiger partial charge in [-0.1, -0.05) is 26.0 Å². The Balaban J connectivity index is 1.72. The monoisotopic (exact) mass is 288 g/mol. The summed E-state index contributed by atoms with van der Waals surface area (Å²) < 4.78 is 0. The summed E-state index contributed by atoms with van der Waals surface area (Å²) in [7, 11) is 0. The van der Waals surface area contributed by atoms with Crippen molar-refractivity contribution in [2.24, 2.45) is 11.3 Å². The van der Waals surface area contributed by atoms with Gasteiger partial charge >= 0.3 is 0 Å². The minimum absolute atomic E-state index is 0.129. The van der Waals surface area contributed by atoms with Gasteiger partial charge in [0, 0.05) is 19.0 Å². The Hall–Kier alpha value is -1.55. The first-order valence-corrected chi connectivity index (χ1v) is 7.80. The zero-order chi connectivity index (χ0) is 15.0. The van der Waals surface area contributed by atoms with E-state index in [1.54, 1.807) is 0 Å². The number of rotatable bonds is 3. The molecule has 0 radical (unpaired) electrons. The number of carbonyl (C=O) groups is 1. The summed E-state index contributed by atoms with van der Waals surface area (Å²) >= 11 is 0. The molecular weight excluding hydrogens is 264 g/mol. The lowest BCUT2D eigenvalue weighted by Crippen LogP contribution is -2.36. The standard InChI is InChI=1S/C17H24N2O2/c1-17(2)11-13(17)16(21)18-14-5-3-4-6-15(14)19-9-7-12(20)8-10-19/h3-6,12-13,20H,7-11H2,1-2H3,(H,18,21). The normalized spacial score (nSPS) is 24.7. The molecule has 0 spiro atoms. The predicted octanol–water partition coefficient (Wildman–Crippen LogP) is 2.63. The molecular formula is C17H24N2O2. The minimum atomic E-state index is -0.185. The number of para-hydroxylation sites is 2. The highest BCUT2D eigenvalue weighted by Crippen LogP contribution is 2.52. The summed E-state index contributed by atoms with van der Waals surface area (Å²) in [5, 5.41) is 12.7. The fourth-order valence-electron chi connectivity index (χ4n) is 3.10. The van der Waals surface area contributed by atoms with Crippen molar-refractivity contribution in [2.45, 2.75) is 39.2 Å². The Morgan fingerprint density at radius 3 is 2.52 bits per heavy atom. The molecule has 0 aromatic heterocycles. The topological polar surface area (TPSA) is 52.6 Å². The van der Waals surface area contributed by atoms with Crippen LogP contribution in [0.1, 0.15) is 33.1 Å². The number of hydrogen-bond donors (Lipinski definition) is 2. The molecule has 1 saturated carbocycles. The third-order valence-electron chi connectivity index (χ3n) is 4.80. The lowest BCUT2D eigenvalue weighted by molar-refractivity contribution is -0.118. The molecule has 2 aliphatic rings. The highest BCUT2D eigenvalue weighted by molar-refractivity contribution is 5.97. The van der Waals surface area contributed by atoms with Crippen molar-refractivity contribution in [2.75, 3.05) is 23.3 Å². The van der Waals surface area contributed by atoms with Crippen molar-refractivity contribution in [1.82, 2.24) is 0 Å². The summed E-state index contributed by atoms with van der Waals surface area (Å²) in [5.41, 5.74) is 2.10. The van der Waals surface area contributed by atoms with Gasteiger partial charge in [-0.25, -0.2) is 0 Å². The highest BCUT2D eigenvalue weighted by atomic mass is 16.3. The van der Waals surface area contributed by atoms with E-state index in [1.807, 2.05) is 24.3 Å². The summed E-state index contributed by atoms with van der Waals surface area (Å²) in [6.45, 7) is 5.94. The molecule has 1 aliphatic heterocycles. The second kappa shape index (κ2) is 5.34. The quantitative estimate of drug-likeness (QED) is 0.899. The largest absolute Gasteiger partial charge is 0.393 e. The van der Waals surface area contributed by atoms with Gasteiger partial charge in [0.05, 0.1) is 17.5 Å². The molecule has 1 amide bonds. The molecule has 1 atom stereocenters. The van der Waals surface area contributed by atoms with E-state index in [2.05, 4.69) is 24.1 Å². The van der Waals surface area contributed by atoms with Crippen LogP contribution in [-0.2, 0) is 4.79 Å². The molecule has 3 rings (SSSR count). The molecule has 21 heavy (non-hydrogen) atoms. The molecule has 4 nitrogen and oxygen atoms in total. The van der Waals surface area contributed by atoms with Crippen LogP contribution >= 0.6 is 0 Å². The number of nitrogens with one attached hydrogen (secondary N) is 1. The van der Waals surface area contributed by atoms with E-state index >= 15 is 0 Å². The Morgan fingerprint density at radius 2 is 1.90 bits per heavy atom. The van der Waals surface area contributed by atoms with Crippen molar-refractivity contribution in [3.05, 3.63) is 24.3 Å². The number of amides is 1. The Kier molecular flexibility index (Phi) is 3.66. The number of anilines is 2. The van der Waals surface area contributed by atoms with E-state index in [9.17, 15) is 9.90 Å². The summed E-state index contributed by atoms with van der Waals surface area (Å²) in [6, 6.07) is 7.96. The molecule has 4 heteroatoms. The van der Waals surface area contributed by atoms with Crippen LogP contribution in [0.25, 0.3) is 0 Å². The van der Waals surface area contributed by atoms with Crippen LogP contribution in [0.3, 0.4) is 0 Å². The maximum absolute atomic E-state index is 12.3. The minimum Gasteiger partial charge on any atom is -0.393 e. The van der Waals surface area contributed by atoms with Gasteiger partial charge in [-0.05, 0) is 36.8 Å². The number of hydrogen-bond acceptors (Lipinski definition) is 3. The molecule has 0 bridgehead atoms. The van der Waals surface area contributed by atoms with Crippen LogP contribution in [0.15, 0.2) is 24.3 Å². The summed E-state index contributed by atoms with van der Waals surface area (Å²) in [4.78, 5) is 14.6. The predicted molar refractivity (Wildman–Crippen MR) is 84.4 cm³/mol. The van der Waals surface area contributed by atoms with Crippen LogP contribution in [0, 0.1) is 11.3 Å². The number of nitrogens with zero attached hydrogens (tertiary/aromatic N) is 1. The SMILES string of the molecule is CC1(C)CC1C(=O)Nc1ccccc1N1CCC(O)CC1. The van der Waals surface area contributed by atoms with Crippen molar-refractivity contribution in [1.29, 1.82) is 0 Å². The third-order valence-corrected chi connectivity index (χ3v) is 4.80. The fourth-order valence-corrected chi connectivity index (χ4v) is 3.10. The number of benzene rings is 1.